The fourth-order valence-corrected chi connectivity index (χ4v) is 8.39. The number of hydrogen-bond donors (Lipinski definition) is 1. The van der Waals surface area contributed by atoms with Crippen molar-refractivity contribution in [1.82, 2.24) is 15.1 Å². The Kier molecular flexibility index (Phi) is 5.11. The molecule has 6 nitrogen and oxygen atoms in total. The maximum atomic E-state index is 13.6. The van der Waals surface area contributed by atoms with Crippen molar-refractivity contribution in [3.8, 4) is 0 Å². The number of nitrogens with one attached hydrogen (secondary N) is 1. The first kappa shape index (κ1) is 22.8. The number of rotatable bonds is 5. The van der Waals surface area contributed by atoms with Crippen LogP contribution < -0.4 is 10.2 Å². The van der Waals surface area contributed by atoms with Gasteiger partial charge in [0.25, 0.3) is 5.91 Å². The van der Waals surface area contributed by atoms with Gasteiger partial charge in [0.1, 0.15) is 6.04 Å². The Morgan fingerprint density at radius 3 is 2.14 bits per heavy atom. The van der Waals surface area contributed by atoms with Gasteiger partial charge in [-0.25, -0.2) is 9.69 Å². The van der Waals surface area contributed by atoms with Crippen LogP contribution in [0.3, 0.4) is 0 Å². The van der Waals surface area contributed by atoms with Crippen molar-refractivity contribution in [2.75, 3.05) is 4.90 Å². The Morgan fingerprint density at radius 1 is 0.892 bits per heavy atom. The number of amides is 3. The Balaban J connectivity index is 1.14. The number of urea groups is 1. The second-order valence-corrected chi connectivity index (χ2v) is 12.0. The van der Waals surface area contributed by atoms with Gasteiger partial charge in [0.2, 0.25) is 0 Å². The van der Waals surface area contributed by atoms with Crippen molar-refractivity contribution in [3.05, 3.63) is 82.7 Å². The van der Waals surface area contributed by atoms with Crippen LogP contribution in [0.4, 0.5) is 10.5 Å². The molecule has 5 aliphatic rings. The Morgan fingerprint density at radius 2 is 1.51 bits per heavy atom. The zero-order valence-corrected chi connectivity index (χ0v) is 21.6. The zero-order valence-electron chi connectivity index (χ0n) is 21.6. The number of aromatic nitrogens is 2. The van der Waals surface area contributed by atoms with Crippen molar-refractivity contribution in [1.29, 1.82) is 0 Å². The number of nitrogens with zero attached hydrogens (tertiary/aromatic N) is 3. The van der Waals surface area contributed by atoms with Crippen LogP contribution in [0.2, 0.25) is 0 Å². The van der Waals surface area contributed by atoms with Gasteiger partial charge in [0.15, 0.2) is 0 Å². The monoisotopic (exact) mass is 494 g/mol. The molecule has 1 aliphatic heterocycles. The summed E-state index contributed by atoms with van der Waals surface area (Å²) < 4.78 is 1.92. The summed E-state index contributed by atoms with van der Waals surface area (Å²) >= 11 is 0. The number of carbonyl (C=O) groups is 2. The fraction of sp³-hybridized carbons (Fsp3) is 0.452. The van der Waals surface area contributed by atoms with E-state index >= 15 is 0 Å². The van der Waals surface area contributed by atoms with E-state index in [9.17, 15) is 9.59 Å². The second kappa shape index (κ2) is 8.30. The summed E-state index contributed by atoms with van der Waals surface area (Å²) in [4.78, 5) is 28.0. The lowest BCUT2D eigenvalue weighted by Crippen LogP contribution is -2.48. The molecule has 1 saturated heterocycles. The summed E-state index contributed by atoms with van der Waals surface area (Å²) in [6.45, 7) is 4.50. The predicted molar refractivity (Wildman–Crippen MR) is 142 cm³/mol. The largest absolute Gasteiger partial charge is 0.329 e. The van der Waals surface area contributed by atoms with E-state index in [4.69, 9.17) is 5.10 Å². The Hall–Kier alpha value is -3.41. The molecule has 4 bridgehead atoms. The fourth-order valence-electron chi connectivity index (χ4n) is 8.39. The van der Waals surface area contributed by atoms with Crippen LogP contribution in [0.5, 0.6) is 0 Å². The first-order valence-corrected chi connectivity index (χ1v) is 13.7. The smallest absolute Gasteiger partial charge is 0.321 e. The van der Waals surface area contributed by atoms with E-state index < -0.39 is 6.04 Å². The summed E-state index contributed by atoms with van der Waals surface area (Å²) in [6, 6.07) is 17.4. The lowest BCUT2D eigenvalue weighted by Gasteiger charge is -2.57. The van der Waals surface area contributed by atoms with E-state index in [0.29, 0.717) is 17.6 Å². The van der Waals surface area contributed by atoms with Gasteiger partial charge in [0, 0.05) is 11.3 Å². The van der Waals surface area contributed by atoms with Crippen LogP contribution in [0.25, 0.3) is 0 Å². The lowest BCUT2D eigenvalue weighted by atomic mass is 9.48. The minimum atomic E-state index is -0.722. The molecule has 2 heterocycles. The summed E-state index contributed by atoms with van der Waals surface area (Å²) in [7, 11) is 0. The number of anilines is 1. The van der Waals surface area contributed by atoms with Crippen molar-refractivity contribution < 1.29 is 9.59 Å². The molecule has 5 fully saturated rings. The van der Waals surface area contributed by atoms with Gasteiger partial charge in [-0.3, -0.25) is 9.48 Å². The third-order valence-corrected chi connectivity index (χ3v) is 9.62. The molecule has 2 aromatic carbocycles. The van der Waals surface area contributed by atoms with Crippen molar-refractivity contribution in [2.24, 2.45) is 17.8 Å². The highest BCUT2D eigenvalue weighted by Gasteiger charge is 2.51. The first-order valence-electron chi connectivity index (χ1n) is 13.7. The Bertz CT molecular complexity index is 1340. The van der Waals surface area contributed by atoms with Gasteiger partial charge in [0.05, 0.1) is 17.9 Å². The molecule has 8 rings (SSSR count). The van der Waals surface area contributed by atoms with Crippen LogP contribution in [0.15, 0.2) is 54.6 Å². The third-order valence-electron chi connectivity index (χ3n) is 9.62. The molecule has 1 atom stereocenters. The van der Waals surface area contributed by atoms with Crippen molar-refractivity contribution >= 4 is 17.6 Å². The summed E-state index contributed by atoms with van der Waals surface area (Å²) in [6.07, 6.45) is 8.16. The molecule has 1 unspecified atom stereocenters. The van der Waals surface area contributed by atoms with Gasteiger partial charge in [-0.05, 0) is 98.8 Å². The van der Waals surface area contributed by atoms with Gasteiger partial charge >= 0.3 is 6.03 Å². The topological polar surface area (TPSA) is 67.2 Å². The first-order chi connectivity index (χ1) is 17.9. The standard InChI is InChI=1S/C31H34N4O2/c1-19-27(20(2)34(33-19)18-21-6-4-3-5-7-21)28-29(36)35(30(37)32-28)26-10-8-25(9-11-26)31-15-22-12-23(16-31)14-24(13-22)17-31/h3-11,22-24,28H,12-18H2,1-2H3,(H,32,37). The average molecular weight is 495 g/mol. The molecule has 0 spiro atoms. The maximum Gasteiger partial charge on any atom is 0.329 e. The highest BCUT2D eigenvalue weighted by molar-refractivity contribution is 6.21. The van der Waals surface area contributed by atoms with E-state index in [-0.39, 0.29) is 11.9 Å². The van der Waals surface area contributed by atoms with Crippen LogP contribution in [-0.4, -0.2) is 21.7 Å². The van der Waals surface area contributed by atoms with E-state index in [1.807, 2.05) is 48.9 Å². The summed E-state index contributed by atoms with van der Waals surface area (Å²) in [5.74, 6) is 2.41. The van der Waals surface area contributed by atoms with Crippen LogP contribution in [-0.2, 0) is 16.8 Å². The number of carbonyl (C=O) groups excluding carboxylic acids is 2. The minimum Gasteiger partial charge on any atom is -0.321 e. The lowest BCUT2D eigenvalue weighted by molar-refractivity contribution is -0.118. The molecule has 4 saturated carbocycles. The van der Waals surface area contributed by atoms with Crippen LogP contribution in [0.1, 0.15) is 72.6 Å². The van der Waals surface area contributed by atoms with E-state index in [1.165, 1.54) is 49.0 Å². The number of benzene rings is 2. The molecule has 4 aliphatic carbocycles. The number of aryl methyl sites for hydroxylation is 1. The molecular weight excluding hydrogens is 460 g/mol. The van der Waals surface area contributed by atoms with Crippen molar-refractivity contribution in [3.63, 3.8) is 0 Å². The molecule has 0 radical (unpaired) electrons. The molecule has 3 aromatic rings. The molecule has 1 N–H and O–H groups in total. The van der Waals surface area contributed by atoms with Crippen LogP contribution in [0, 0.1) is 31.6 Å². The number of hydrogen-bond acceptors (Lipinski definition) is 3. The molecule has 1 aromatic heterocycles. The van der Waals surface area contributed by atoms with Gasteiger partial charge in [-0.15, -0.1) is 0 Å². The minimum absolute atomic E-state index is 0.238. The SMILES string of the molecule is Cc1nn(Cc2ccccc2)c(C)c1C1NC(=O)N(c2ccc(C34CC5CC(CC(C5)C3)C4)cc2)C1=O. The van der Waals surface area contributed by atoms with E-state index in [1.54, 1.807) is 0 Å². The molecular formula is C31H34N4O2. The van der Waals surface area contributed by atoms with E-state index in [2.05, 4.69) is 29.6 Å². The molecule has 37 heavy (non-hydrogen) atoms. The number of imide groups is 1. The highest BCUT2D eigenvalue weighted by atomic mass is 16.2. The Labute approximate surface area is 218 Å². The molecule has 3 amide bonds. The van der Waals surface area contributed by atoms with Gasteiger partial charge < -0.3 is 5.32 Å². The average Bonchev–Trinajstić information content (AvgIpc) is 3.31. The summed E-state index contributed by atoms with van der Waals surface area (Å²) in [5.41, 5.74) is 5.95. The molecule has 6 heteroatoms. The quantitative estimate of drug-likeness (QED) is 0.455. The normalized spacial score (nSPS) is 30.3. The maximum absolute atomic E-state index is 13.6. The van der Waals surface area contributed by atoms with Gasteiger partial charge in [-0.1, -0.05) is 42.5 Å². The highest BCUT2D eigenvalue weighted by Crippen LogP contribution is 2.60. The van der Waals surface area contributed by atoms with Crippen molar-refractivity contribution in [2.45, 2.75) is 70.4 Å². The third kappa shape index (κ3) is 3.64. The molecule has 190 valence electrons. The van der Waals surface area contributed by atoms with E-state index in [0.717, 1.165) is 40.3 Å². The van der Waals surface area contributed by atoms with Crippen LogP contribution >= 0.6 is 0 Å². The predicted octanol–water partition coefficient (Wildman–Crippen LogP) is 5.81. The second-order valence-electron chi connectivity index (χ2n) is 12.0. The zero-order chi connectivity index (χ0) is 25.3. The van der Waals surface area contributed by atoms with Gasteiger partial charge in [-0.2, -0.15) is 5.10 Å². The summed E-state index contributed by atoms with van der Waals surface area (Å²) in [5, 5.41) is 7.64.